The van der Waals surface area contributed by atoms with Gasteiger partial charge in [-0.15, -0.1) is 0 Å². The predicted molar refractivity (Wildman–Crippen MR) is 110 cm³/mol. The molecule has 0 atom stereocenters. The van der Waals surface area contributed by atoms with Crippen LogP contribution in [0.3, 0.4) is 0 Å². The highest BCUT2D eigenvalue weighted by atomic mass is 35.5. The zero-order valence-corrected chi connectivity index (χ0v) is 16.7. The Kier molecular flexibility index (Phi) is 6.72. The van der Waals surface area contributed by atoms with Crippen LogP contribution in [0.1, 0.15) is 11.3 Å². The van der Waals surface area contributed by atoms with Crippen molar-refractivity contribution in [2.75, 3.05) is 5.32 Å². The first-order valence-electron chi connectivity index (χ1n) is 8.12. The van der Waals surface area contributed by atoms with Crippen LogP contribution in [0.4, 0.5) is 10.1 Å². The third-order valence-electron chi connectivity index (χ3n) is 3.64. The summed E-state index contributed by atoms with van der Waals surface area (Å²) in [6, 6.07) is 12.3. The fraction of sp³-hybridized carbons (Fsp3) is 0.105. The number of aromatic nitrogens is 2. The van der Waals surface area contributed by atoms with Crippen molar-refractivity contribution in [3.63, 3.8) is 0 Å². The minimum atomic E-state index is -0.386. The van der Waals surface area contributed by atoms with E-state index in [4.69, 9.17) is 23.2 Å². The van der Waals surface area contributed by atoms with E-state index in [1.54, 1.807) is 30.3 Å². The number of carbonyl (C=O) groups is 1. The lowest BCUT2D eigenvalue weighted by Gasteiger charge is -2.07. The highest BCUT2D eigenvalue weighted by Gasteiger charge is 2.10. The van der Waals surface area contributed by atoms with Crippen LogP contribution in [-0.4, -0.2) is 15.9 Å². The van der Waals surface area contributed by atoms with Gasteiger partial charge in [-0.2, -0.15) is 0 Å². The maximum atomic E-state index is 13.7. The molecular formula is C19H14Cl2FN3O2S. The molecule has 28 heavy (non-hydrogen) atoms. The average Bonchev–Trinajstić information content (AvgIpc) is 2.63. The minimum Gasteiger partial charge on any atom is -0.326 e. The molecule has 0 bridgehead atoms. The summed E-state index contributed by atoms with van der Waals surface area (Å²) in [5.74, 6) is -0.384. The van der Waals surface area contributed by atoms with E-state index >= 15 is 0 Å². The molecule has 0 aliphatic carbocycles. The summed E-state index contributed by atoms with van der Waals surface area (Å²) in [6.45, 7) is 0. The normalized spacial score (nSPS) is 10.7. The summed E-state index contributed by atoms with van der Waals surface area (Å²) in [6.07, 6.45) is -0.0998. The number of aromatic amines is 1. The number of thioether (sulfide) groups is 1. The van der Waals surface area contributed by atoms with Gasteiger partial charge in [-0.3, -0.25) is 9.59 Å². The number of carbonyl (C=O) groups excluding carboxylic acids is 1. The van der Waals surface area contributed by atoms with E-state index in [2.05, 4.69) is 15.3 Å². The lowest BCUT2D eigenvalue weighted by Crippen LogP contribution is -2.18. The molecule has 9 heteroatoms. The quantitative estimate of drug-likeness (QED) is 0.433. The highest BCUT2D eigenvalue weighted by molar-refractivity contribution is 7.98. The second-order valence-corrected chi connectivity index (χ2v) is 7.55. The Hall–Kier alpha value is -2.35. The van der Waals surface area contributed by atoms with Gasteiger partial charge >= 0.3 is 0 Å². The molecule has 3 rings (SSSR count). The molecule has 0 saturated heterocycles. The zero-order valence-electron chi connectivity index (χ0n) is 14.3. The van der Waals surface area contributed by atoms with E-state index in [1.165, 1.54) is 30.0 Å². The molecule has 0 saturated carbocycles. The Morgan fingerprint density at radius 2 is 1.93 bits per heavy atom. The second-order valence-electron chi connectivity index (χ2n) is 5.78. The van der Waals surface area contributed by atoms with Crippen LogP contribution in [-0.2, 0) is 17.0 Å². The molecular weight excluding hydrogens is 424 g/mol. The Morgan fingerprint density at radius 1 is 1.14 bits per heavy atom. The zero-order chi connectivity index (χ0) is 20.1. The number of nitrogens with zero attached hydrogens (tertiary/aromatic N) is 1. The van der Waals surface area contributed by atoms with Crippen molar-refractivity contribution in [1.29, 1.82) is 0 Å². The number of amides is 1. The molecule has 1 heterocycles. The van der Waals surface area contributed by atoms with Crippen molar-refractivity contribution in [2.45, 2.75) is 17.3 Å². The van der Waals surface area contributed by atoms with Crippen molar-refractivity contribution in [1.82, 2.24) is 9.97 Å². The van der Waals surface area contributed by atoms with Gasteiger partial charge in [-0.05, 0) is 29.8 Å². The molecule has 144 valence electrons. The largest absolute Gasteiger partial charge is 0.326 e. The first kappa shape index (κ1) is 20.4. The Morgan fingerprint density at radius 3 is 2.68 bits per heavy atom. The maximum Gasteiger partial charge on any atom is 0.251 e. The van der Waals surface area contributed by atoms with Crippen LogP contribution in [0.25, 0.3) is 0 Å². The summed E-state index contributed by atoms with van der Waals surface area (Å²) in [7, 11) is 0. The number of halogens is 3. The van der Waals surface area contributed by atoms with E-state index in [0.29, 0.717) is 37.9 Å². The third kappa shape index (κ3) is 5.58. The average molecular weight is 438 g/mol. The number of H-pyrrole nitrogens is 1. The van der Waals surface area contributed by atoms with Crippen molar-refractivity contribution in [3.05, 3.63) is 86.0 Å². The van der Waals surface area contributed by atoms with E-state index in [9.17, 15) is 14.0 Å². The van der Waals surface area contributed by atoms with Gasteiger partial charge in [0.2, 0.25) is 5.91 Å². The van der Waals surface area contributed by atoms with Gasteiger partial charge in [0, 0.05) is 17.5 Å². The van der Waals surface area contributed by atoms with Crippen LogP contribution < -0.4 is 10.9 Å². The van der Waals surface area contributed by atoms with Crippen LogP contribution >= 0.6 is 35.0 Å². The molecule has 2 N–H and O–H groups in total. The number of nitrogens with one attached hydrogen (secondary N) is 2. The molecule has 0 unspecified atom stereocenters. The lowest BCUT2D eigenvalue weighted by atomic mass is 10.2. The summed E-state index contributed by atoms with van der Waals surface area (Å²) < 4.78 is 13.7. The maximum absolute atomic E-state index is 13.7. The molecule has 2 aromatic carbocycles. The van der Waals surface area contributed by atoms with Crippen molar-refractivity contribution in [2.24, 2.45) is 0 Å². The molecule has 1 amide bonds. The monoisotopic (exact) mass is 437 g/mol. The molecule has 3 aromatic rings. The van der Waals surface area contributed by atoms with Crippen molar-refractivity contribution >= 4 is 46.6 Å². The van der Waals surface area contributed by atoms with Crippen LogP contribution in [0, 0.1) is 5.82 Å². The SMILES string of the molecule is O=C(Cc1cc(=O)[nH]c(SCc2ccccc2F)n1)Nc1ccc(Cl)c(Cl)c1. The fourth-order valence-corrected chi connectivity index (χ4v) is 3.53. The van der Waals surface area contributed by atoms with Gasteiger partial charge < -0.3 is 10.3 Å². The Balaban J connectivity index is 1.67. The standard InChI is InChI=1S/C19H14Cl2FN3O2S/c20-14-6-5-12(7-15(14)21)23-17(26)8-13-9-18(27)25-19(24-13)28-10-11-3-1-2-4-16(11)22/h1-7,9H,8,10H2,(H,23,26)(H,24,25,27). The number of rotatable bonds is 6. The van der Waals surface area contributed by atoms with Crippen molar-refractivity contribution in [3.8, 4) is 0 Å². The topological polar surface area (TPSA) is 74.8 Å². The molecule has 1 aromatic heterocycles. The van der Waals surface area contributed by atoms with E-state index in [-0.39, 0.29) is 23.7 Å². The summed E-state index contributed by atoms with van der Waals surface area (Å²) in [5.41, 5.74) is 0.900. The molecule has 0 aliphatic heterocycles. The predicted octanol–water partition coefficient (Wildman–Crippen LogP) is 4.69. The van der Waals surface area contributed by atoms with Gasteiger partial charge in [0.05, 0.1) is 22.2 Å². The van der Waals surface area contributed by atoms with Gasteiger partial charge in [0.25, 0.3) is 5.56 Å². The summed E-state index contributed by atoms with van der Waals surface area (Å²) in [4.78, 5) is 30.9. The first-order valence-corrected chi connectivity index (χ1v) is 9.86. The first-order chi connectivity index (χ1) is 13.4. The fourth-order valence-electron chi connectivity index (χ4n) is 2.35. The number of hydrogen-bond donors (Lipinski definition) is 2. The number of benzene rings is 2. The Labute approximate surface area is 174 Å². The molecule has 5 nitrogen and oxygen atoms in total. The minimum absolute atomic E-state index is 0.0998. The second kappa shape index (κ2) is 9.23. The summed E-state index contributed by atoms with van der Waals surface area (Å²) in [5, 5.41) is 3.69. The van der Waals surface area contributed by atoms with Gasteiger partial charge in [-0.25, -0.2) is 9.37 Å². The summed E-state index contributed by atoms with van der Waals surface area (Å²) >= 11 is 13.0. The lowest BCUT2D eigenvalue weighted by molar-refractivity contribution is -0.115. The highest BCUT2D eigenvalue weighted by Crippen LogP contribution is 2.25. The number of hydrogen-bond acceptors (Lipinski definition) is 4. The third-order valence-corrected chi connectivity index (χ3v) is 5.30. The smallest absolute Gasteiger partial charge is 0.251 e. The Bertz CT molecular complexity index is 1080. The van der Waals surface area contributed by atoms with E-state index in [0.717, 1.165) is 0 Å². The molecule has 0 fully saturated rings. The van der Waals surface area contributed by atoms with Crippen LogP contribution in [0.5, 0.6) is 0 Å². The van der Waals surface area contributed by atoms with E-state index in [1.807, 2.05) is 0 Å². The van der Waals surface area contributed by atoms with Gasteiger partial charge in [0.1, 0.15) is 5.82 Å². The van der Waals surface area contributed by atoms with Gasteiger partial charge in [0.15, 0.2) is 5.16 Å². The molecule has 0 spiro atoms. The molecule has 0 radical (unpaired) electrons. The van der Waals surface area contributed by atoms with Crippen LogP contribution in [0.2, 0.25) is 10.0 Å². The van der Waals surface area contributed by atoms with Gasteiger partial charge in [-0.1, -0.05) is 53.2 Å². The van der Waals surface area contributed by atoms with Crippen molar-refractivity contribution < 1.29 is 9.18 Å². The molecule has 0 aliphatic rings. The van der Waals surface area contributed by atoms with E-state index < -0.39 is 0 Å². The van der Waals surface area contributed by atoms with Crippen LogP contribution in [0.15, 0.2) is 58.5 Å². The number of anilines is 1.